The molecule has 0 aromatic heterocycles. The standard InChI is InChI=1S/C19H24O2/c1-12(2)15-11-16(14(4)10-13(15)3)19-17(20-5)8-7-9-18(19)21-6/h7-12H,1-6H3. The molecule has 112 valence electrons. The molecule has 0 amide bonds. The van der Waals surface area contributed by atoms with Crippen molar-refractivity contribution in [3.05, 3.63) is 47.0 Å². The Labute approximate surface area is 127 Å². The fraction of sp³-hybridized carbons (Fsp3) is 0.368. The fourth-order valence-electron chi connectivity index (χ4n) is 2.88. The van der Waals surface area contributed by atoms with E-state index in [2.05, 4.69) is 39.8 Å². The van der Waals surface area contributed by atoms with Crippen molar-refractivity contribution in [2.75, 3.05) is 14.2 Å². The third kappa shape index (κ3) is 2.90. The van der Waals surface area contributed by atoms with Crippen molar-refractivity contribution < 1.29 is 9.47 Å². The average molecular weight is 284 g/mol. The predicted octanol–water partition coefficient (Wildman–Crippen LogP) is 5.11. The molecule has 0 radical (unpaired) electrons. The minimum atomic E-state index is 0.491. The van der Waals surface area contributed by atoms with Crippen molar-refractivity contribution in [1.29, 1.82) is 0 Å². The van der Waals surface area contributed by atoms with Crippen LogP contribution in [0.1, 0.15) is 36.5 Å². The molecule has 0 spiro atoms. The number of benzene rings is 2. The Kier molecular flexibility index (Phi) is 4.56. The van der Waals surface area contributed by atoms with Crippen molar-refractivity contribution in [2.45, 2.75) is 33.6 Å². The number of rotatable bonds is 4. The van der Waals surface area contributed by atoms with Gasteiger partial charge in [-0.1, -0.05) is 32.0 Å². The lowest BCUT2D eigenvalue weighted by atomic mass is 9.89. The van der Waals surface area contributed by atoms with Gasteiger partial charge in [0.2, 0.25) is 0 Å². The summed E-state index contributed by atoms with van der Waals surface area (Å²) in [6.07, 6.45) is 0. The van der Waals surface area contributed by atoms with E-state index in [1.165, 1.54) is 22.3 Å². The molecule has 21 heavy (non-hydrogen) atoms. The van der Waals surface area contributed by atoms with Gasteiger partial charge in [0, 0.05) is 0 Å². The van der Waals surface area contributed by atoms with Crippen LogP contribution >= 0.6 is 0 Å². The molecule has 0 N–H and O–H groups in total. The van der Waals surface area contributed by atoms with Crippen LogP contribution in [0.25, 0.3) is 11.1 Å². The summed E-state index contributed by atoms with van der Waals surface area (Å²) in [6.45, 7) is 8.76. The van der Waals surface area contributed by atoms with E-state index in [1.807, 2.05) is 18.2 Å². The van der Waals surface area contributed by atoms with Crippen molar-refractivity contribution in [2.24, 2.45) is 0 Å². The lowest BCUT2D eigenvalue weighted by Crippen LogP contribution is -1.98. The number of hydrogen-bond donors (Lipinski definition) is 0. The van der Waals surface area contributed by atoms with Crippen LogP contribution in [0.5, 0.6) is 11.5 Å². The van der Waals surface area contributed by atoms with Gasteiger partial charge in [0.25, 0.3) is 0 Å². The van der Waals surface area contributed by atoms with E-state index in [4.69, 9.17) is 9.47 Å². The third-order valence-electron chi connectivity index (χ3n) is 3.93. The molecule has 0 unspecified atom stereocenters. The fourth-order valence-corrected chi connectivity index (χ4v) is 2.88. The predicted molar refractivity (Wildman–Crippen MR) is 88.5 cm³/mol. The summed E-state index contributed by atoms with van der Waals surface area (Å²) in [5.74, 6) is 2.18. The molecule has 0 aliphatic carbocycles. The first-order chi connectivity index (χ1) is 9.99. The van der Waals surface area contributed by atoms with Crippen molar-refractivity contribution in [3.8, 4) is 22.6 Å². The molecule has 0 saturated carbocycles. The molecule has 0 heterocycles. The van der Waals surface area contributed by atoms with Gasteiger partial charge in [-0.25, -0.2) is 0 Å². The van der Waals surface area contributed by atoms with E-state index in [1.54, 1.807) is 14.2 Å². The molecule has 2 rings (SSSR count). The highest BCUT2D eigenvalue weighted by atomic mass is 16.5. The summed E-state index contributed by atoms with van der Waals surface area (Å²) in [4.78, 5) is 0. The van der Waals surface area contributed by atoms with Crippen LogP contribution in [0.2, 0.25) is 0 Å². The van der Waals surface area contributed by atoms with E-state index in [0.29, 0.717) is 5.92 Å². The maximum atomic E-state index is 5.55. The largest absolute Gasteiger partial charge is 0.496 e. The summed E-state index contributed by atoms with van der Waals surface area (Å²) in [7, 11) is 3.40. The van der Waals surface area contributed by atoms with Crippen LogP contribution in [0, 0.1) is 13.8 Å². The first-order valence-corrected chi connectivity index (χ1v) is 7.32. The first kappa shape index (κ1) is 15.4. The van der Waals surface area contributed by atoms with Gasteiger partial charge in [-0.15, -0.1) is 0 Å². The number of ether oxygens (including phenoxy) is 2. The number of aryl methyl sites for hydroxylation is 2. The second-order valence-corrected chi connectivity index (χ2v) is 5.72. The lowest BCUT2D eigenvalue weighted by Gasteiger charge is -2.18. The summed E-state index contributed by atoms with van der Waals surface area (Å²) in [5.41, 5.74) is 6.14. The van der Waals surface area contributed by atoms with Crippen LogP contribution in [0.4, 0.5) is 0 Å². The summed E-state index contributed by atoms with van der Waals surface area (Å²) in [6, 6.07) is 10.4. The number of methoxy groups -OCH3 is 2. The zero-order chi connectivity index (χ0) is 15.6. The van der Waals surface area contributed by atoms with Gasteiger partial charge >= 0.3 is 0 Å². The van der Waals surface area contributed by atoms with Crippen LogP contribution in [-0.2, 0) is 0 Å². The average Bonchev–Trinajstić information content (AvgIpc) is 2.46. The molecule has 0 bridgehead atoms. The summed E-state index contributed by atoms with van der Waals surface area (Å²) >= 11 is 0. The zero-order valence-electron chi connectivity index (χ0n) is 13.8. The van der Waals surface area contributed by atoms with Crippen LogP contribution in [0.3, 0.4) is 0 Å². The molecular weight excluding hydrogens is 260 g/mol. The van der Waals surface area contributed by atoms with Gasteiger partial charge in [-0.3, -0.25) is 0 Å². The summed E-state index contributed by atoms with van der Waals surface area (Å²) in [5, 5.41) is 0. The minimum absolute atomic E-state index is 0.491. The van der Waals surface area contributed by atoms with Gasteiger partial charge < -0.3 is 9.47 Å². The van der Waals surface area contributed by atoms with E-state index < -0.39 is 0 Å². The Morgan fingerprint density at radius 1 is 0.857 bits per heavy atom. The zero-order valence-corrected chi connectivity index (χ0v) is 13.8. The molecule has 0 fully saturated rings. The van der Waals surface area contributed by atoms with Gasteiger partial charge in [-0.2, -0.15) is 0 Å². The molecule has 2 heteroatoms. The van der Waals surface area contributed by atoms with Crippen LogP contribution in [-0.4, -0.2) is 14.2 Å². The topological polar surface area (TPSA) is 18.5 Å². The maximum absolute atomic E-state index is 5.55. The molecular formula is C19H24O2. The highest BCUT2D eigenvalue weighted by Gasteiger charge is 2.16. The van der Waals surface area contributed by atoms with Gasteiger partial charge in [0.15, 0.2) is 0 Å². The minimum Gasteiger partial charge on any atom is -0.496 e. The van der Waals surface area contributed by atoms with Crippen molar-refractivity contribution in [1.82, 2.24) is 0 Å². The van der Waals surface area contributed by atoms with E-state index >= 15 is 0 Å². The van der Waals surface area contributed by atoms with E-state index in [9.17, 15) is 0 Å². The lowest BCUT2D eigenvalue weighted by molar-refractivity contribution is 0.397. The maximum Gasteiger partial charge on any atom is 0.130 e. The Hall–Kier alpha value is -1.96. The molecule has 0 atom stereocenters. The van der Waals surface area contributed by atoms with E-state index in [-0.39, 0.29) is 0 Å². The van der Waals surface area contributed by atoms with Crippen molar-refractivity contribution in [3.63, 3.8) is 0 Å². The SMILES string of the molecule is COc1cccc(OC)c1-c1cc(C(C)C)c(C)cc1C. The smallest absolute Gasteiger partial charge is 0.130 e. The normalized spacial score (nSPS) is 10.8. The monoisotopic (exact) mass is 284 g/mol. The first-order valence-electron chi connectivity index (χ1n) is 7.32. The Balaban J connectivity index is 2.75. The highest BCUT2D eigenvalue weighted by Crippen LogP contribution is 2.41. The van der Waals surface area contributed by atoms with Gasteiger partial charge in [0.1, 0.15) is 11.5 Å². The second-order valence-electron chi connectivity index (χ2n) is 5.72. The molecule has 0 aliphatic rings. The van der Waals surface area contributed by atoms with Crippen LogP contribution in [0.15, 0.2) is 30.3 Å². The molecule has 2 aromatic carbocycles. The highest BCUT2D eigenvalue weighted by molar-refractivity contribution is 5.80. The van der Waals surface area contributed by atoms with Gasteiger partial charge in [-0.05, 0) is 54.2 Å². The molecule has 2 nitrogen and oxygen atoms in total. The molecule has 2 aromatic rings. The Morgan fingerprint density at radius 2 is 1.43 bits per heavy atom. The molecule has 0 aliphatic heterocycles. The Bertz CT molecular complexity index is 620. The number of hydrogen-bond acceptors (Lipinski definition) is 2. The van der Waals surface area contributed by atoms with Crippen LogP contribution < -0.4 is 9.47 Å². The third-order valence-corrected chi connectivity index (χ3v) is 3.93. The molecule has 0 saturated heterocycles. The Morgan fingerprint density at radius 3 is 1.90 bits per heavy atom. The summed E-state index contributed by atoms with van der Waals surface area (Å²) < 4.78 is 11.1. The van der Waals surface area contributed by atoms with E-state index in [0.717, 1.165) is 17.1 Å². The second kappa shape index (κ2) is 6.21. The van der Waals surface area contributed by atoms with Gasteiger partial charge in [0.05, 0.1) is 19.8 Å². The van der Waals surface area contributed by atoms with Crippen molar-refractivity contribution >= 4 is 0 Å². The quantitative estimate of drug-likeness (QED) is 0.776.